The Hall–Kier alpha value is -1.59. The highest BCUT2D eigenvalue weighted by Gasteiger charge is 2.58. The summed E-state index contributed by atoms with van der Waals surface area (Å²) in [5, 5.41) is 0. The van der Waals surface area contributed by atoms with E-state index in [4.69, 9.17) is 4.74 Å². The Morgan fingerprint density at radius 3 is 2.05 bits per heavy atom. The van der Waals surface area contributed by atoms with Gasteiger partial charge >= 0.3 is 12.1 Å². The molecular weight excluding hydrogens is 267 g/mol. The fourth-order valence-electron chi connectivity index (χ4n) is 1.21. The van der Waals surface area contributed by atoms with Crippen LogP contribution in [0.25, 0.3) is 0 Å². The molecule has 0 spiro atoms. The van der Waals surface area contributed by atoms with Gasteiger partial charge in [0.05, 0.1) is 0 Å². The normalized spacial score (nSPS) is 12.3. The summed E-state index contributed by atoms with van der Waals surface area (Å²) in [6.07, 6.45) is -4.91. The van der Waals surface area contributed by atoms with Gasteiger partial charge in [0.1, 0.15) is 12.4 Å². The van der Waals surface area contributed by atoms with E-state index >= 15 is 0 Å². The fraction of sp³-hybridized carbons (Fsp3) is 0.385. The smallest absolute Gasteiger partial charge is 0.458 e. The minimum absolute atomic E-state index is 0.200. The first-order valence-electron chi connectivity index (χ1n) is 5.53. The third-order valence-corrected chi connectivity index (χ3v) is 2.52. The first-order chi connectivity index (χ1) is 8.68. The summed E-state index contributed by atoms with van der Waals surface area (Å²) >= 11 is 0. The average molecular weight is 280 g/mol. The van der Waals surface area contributed by atoms with Crippen molar-refractivity contribution in [2.45, 2.75) is 25.4 Å². The molecule has 0 aliphatic rings. The van der Waals surface area contributed by atoms with Crippen LogP contribution in [0.3, 0.4) is 0 Å². The quantitative estimate of drug-likeness (QED) is 0.562. The van der Waals surface area contributed by atoms with Gasteiger partial charge in [-0.2, -0.15) is 22.0 Å². The Balaban J connectivity index is 2.80. The topological polar surface area (TPSA) is 9.23 Å². The molecule has 1 nitrogen and oxygen atoms in total. The van der Waals surface area contributed by atoms with Gasteiger partial charge in [0.25, 0.3) is 0 Å². The molecule has 0 aromatic heterocycles. The molecule has 0 bridgehead atoms. The molecule has 106 valence electrons. The van der Waals surface area contributed by atoms with Crippen LogP contribution in [0.4, 0.5) is 22.0 Å². The van der Waals surface area contributed by atoms with E-state index in [2.05, 4.69) is 6.58 Å². The predicted molar refractivity (Wildman–Crippen MR) is 61.3 cm³/mol. The molecule has 19 heavy (non-hydrogen) atoms. The summed E-state index contributed by atoms with van der Waals surface area (Å²) in [5.74, 6) is -4.64. The number of hydrogen-bond donors (Lipinski definition) is 0. The van der Waals surface area contributed by atoms with E-state index in [1.54, 1.807) is 0 Å². The standard InChI is InChI=1S/C13H13F5O/c1-3-9(2)8-19-11-6-4-10(5-7-11)12(14,15)13(16,17)18/h4-7H,2-3,8H2,1H3. The van der Waals surface area contributed by atoms with Gasteiger partial charge < -0.3 is 4.74 Å². The second-order valence-electron chi connectivity index (χ2n) is 3.99. The van der Waals surface area contributed by atoms with Crippen molar-refractivity contribution in [3.8, 4) is 5.75 Å². The molecule has 0 unspecified atom stereocenters. The van der Waals surface area contributed by atoms with E-state index in [1.807, 2.05) is 6.92 Å². The van der Waals surface area contributed by atoms with Gasteiger partial charge in [0.15, 0.2) is 0 Å². The Bertz CT molecular complexity index is 433. The fourth-order valence-corrected chi connectivity index (χ4v) is 1.21. The highest BCUT2D eigenvalue weighted by atomic mass is 19.4. The maximum absolute atomic E-state index is 13.0. The van der Waals surface area contributed by atoms with E-state index in [9.17, 15) is 22.0 Å². The van der Waals surface area contributed by atoms with Crippen LogP contribution in [0.15, 0.2) is 36.4 Å². The lowest BCUT2D eigenvalue weighted by atomic mass is 10.1. The second kappa shape index (κ2) is 5.59. The van der Waals surface area contributed by atoms with Crippen molar-refractivity contribution < 1.29 is 26.7 Å². The Morgan fingerprint density at radius 2 is 1.63 bits per heavy atom. The lowest BCUT2D eigenvalue weighted by molar-refractivity contribution is -0.289. The van der Waals surface area contributed by atoms with Crippen LogP contribution in [-0.2, 0) is 5.92 Å². The lowest BCUT2D eigenvalue weighted by Gasteiger charge is -2.20. The molecule has 6 heteroatoms. The van der Waals surface area contributed by atoms with E-state index in [0.717, 1.165) is 17.7 Å². The van der Waals surface area contributed by atoms with Crippen molar-refractivity contribution >= 4 is 0 Å². The molecule has 0 amide bonds. The van der Waals surface area contributed by atoms with Gasteiger partial charge in [-0.25, -0.2) is 0 Å². The summed E-state index contributed by atoms with van der Waals surface area (Å²) in [4.78, 5) is 0. The van der Waals surface area contributed by atoms with Gasteiger partial charge in [0, 0.05) is 5.56 Å². The largest absolute Gasteiger partial charge is 0.489 e. The van der Waals surface area contributed by atoms with Crippen LogP contribution in [0.2, 0.25) is 0 Å². The van der Waals surface area contributed by atoms with Crippen LogP contribution in [0.1, 0.15) is 18.9 Å². The molecule has 1 rings (SSSR count). The third kappa shape index (κ3) is 3.68. The summed E-state index contributed by atoms with van der Waals surface area (Å²) in [6, 6.07) is 3.57. The number of benzene rings is 1. The number of halogens is 5. The van der Waals surface area contributed by atoms with Crippen LogP contribution >= 0.6 is 0 Å². The highest BCUT2D eigenvalue weighted by molar-refractivity contribution is 5.30. The van der Waals surface area contributed by atoms with Crippen LogP contribution < -0.4 is 4.74 Å². The molecular formula is C13H13F5O. The second-order valence-corrected chi connectivity index (χ2v) is 3.99. The summed E-state index contributed by atoms with van der Waals surface area (Å²) < 4.78 is 67.5. The zero-order chi connectivity index (χ0) is 14.7. The number of ether oxygens (including phenoxy) is 1. The van der Waals surface area contributed by atoms with Crippen molar-refractivity contribution in [3.63, 3.8) is 0 Å². The van der Waals surface area contributed by atoms with Crippen molar-refractivity contribution in [1.29, 1.82) is 0 Å². The molecule has 1 aromatic rings. The van der Waals surface area contributed by atoms with Gasteiger partial charge in [-0.3, -0.25) is 0 Å². The molecule has 0 heterocycles. The molecule has 0 fully saturated rings. The maximum atomic E-state index is 13.0. The third-order valence-electron chi connectivity index (χ3n) is 2.52. The minimum atomic E-state index is -5.61. The molecule has 0 N–H and O–H groups in total. The first kappa shape index (κ1) is 15.5. The Labute approximate surface area is 107 Å². The highest BCUT2D eigenvalue weighted by Crippen LogP contribution is 2.43. The average Bonchev–Trinajstić information content (AvgIpc) is 2.35. The van der Waals surface area contributed by atoms with E-state index in [1.165, 1.54) is 0 Å². The Morgan fingerprint density at radius 1 is 1.11 bits per heavy atom. The lowest BCUT2D eigenvalue weighted by Crippen LogP contribution is -2.33. The van der Waals surface area contributed by atoms with Crippen molar-refractivity contribution in [1.82, 2.24) is 0 Å². The van der Waals surface area contributed by atoms with Gasteiger partial charge in [-0.15, -0.1) is 0 Å². The van der Waals surface area contributed by atoms with Crippen molar-refractivity contribution in [2.75, 3.05) is 6.61 Å². The summed E-state index contributed by atoms with van der Waals surface area (Å²) in [7, 11) is 0. The van der Waals surface area contributed by atoms with E-state index < -0.39 is 17.7 Å². The van der Waals surface area contributed by atoms with E-state index in [0.29, 0.717) is 18.6 Å². The zero-order valence-electron chi connectivity index (χ0n) is 10.2. The summed E-state index contributed by atoms with van der Waals surface area (Å²) in [5.41, 5.74) is -0.314. The Kier molecular flexibility index (Phi) is 4.55. The monoisotopic (exact) mass is 280 g/mol. The van der Waals surface area contributed by atoms with Gasteiger partial charge in [-0.05, 0) is 36.3 Å². The molecule has 1 aromatic carbocycles. The predicted octanol–water partition coefficient (Wildman–Crippen LogP) is 4.69. The van der Waals surface area contributed by atoms with Crippen LogP contribution in [0.5, 0.6) is 5.75 Å². The summed E-state index contributed by atoms with van der Waals surface area (Å²) in [6.45, 7) is 5.76. The zero-order valence-corrected chi connectivity index (χ0v) is 10.2. The minimum Gasteiger partial charge on any atom is -0.489 e. The molecule has 0 aliphatic heterocycles. The van der Waals surface area contributed by atoms with Gasteiger partial charge in [-0.1, -0.05) is 13.5 Å². The van der Waals surface area contributed by atoms with Crippen molar-refractivity contribution in [2.24, 2.45) is 0 Å². The van der Waals surface area contributed by atoms with Crippen molar-refractivity contribution in [3.05, 3.63) is 42.0 Å². The first-order valence-corrected chi connectivity index (χ1v) is 5.53. The van der Waals surface area contributed by atoms with Crippen LogP contribution in [0, 0.1) is 0 Å². The van der Waals surface area contributed by atoms with Crippen LogP contribution in [-0.4, -0.2) is 12.8 Å². The SMILES string of the molecule is C=C(CC)COc1ccc(C(F)(F)C(F)(F)F)cc1. The number of alkyl halides is 5. The number of hydrogen-bond acceptors (Lipinski definition) is 1. The molecule has 0 aliphatic carbocycles. The maximum Gasteiger partial charge on any atom is 0.458 e. The van der Waals surface area contributed by atoms with Gasteiger partial charge in [0.2, 0.25) is 0 Å². The molecule has 0 saturated heterocycles. The molecule has 0 saturated carbocycles. The van der Waals surface area contributed by atoms with E-state index in [-0.39, 0.29) is 12.4 Å². The number of rotatable bonds is 5. The molecule has 0 atom stereocenters. The molecule has 0 radical (unpaired) electrons.